The van der Waals surface area contributed by atoms with Crippen molar-refractivity contribution in [1.82, 2.24) is 34.3 Å². The molecule has 5 aromatic heterocycles. The van der Waals surface area contributed by atoms with Crippen molar-refractivity contribution in [2.75, 3.05) is 0 Å². The quantitative estimate of drug-likeness (QED) is 0.543. The van der Waals surface area contributed by atoms with Crippen LogP contribution in [0.1, 0.15) is 0 Å². The number of hydrogen-bond donors (Lipinski definition) is 1. The average molecular weight is 315 g/mol. The number of pyridine rings is 1. The number of H-pyrrole nitrogens is 1. The standard InChI is InChI=1S/C17H13N7/c1-23-10-11(8-21-23)12-4-5-19-17-16(12)13(9-20-17)14-2-3-15-18-6-7-24(15)22-14/h2-10H,1H3,(H,19,20). The SMILES string of the molecule is Cn1cc(-c2ccnc3[nH]cc(-c4ccc5nccn5n4)c23)cn1. The Morgan fingerprint density at radius 2 is 2.00 bits per heavy atom. The second-order valence-corrected chi connectivity index (χ2v) is 5.64. The van der Waals surface area contributed by atoms with E-state index in [0.29, 0.717) is 0 Å². The minimum absolute atomic E-state index is 0.823. The molecule has 0 fully saturated rings. The van der Waals surface area contributed by atoms with Gasteiger partial charge in [-0.1, -0.05) is 0 Å². The second-order valence-electron chi connectivity index (χ2n) is 5.64. The fourth-order valence-corrected chi connectivity index (χ4v) is 3.02. The Bertz CT molecular complexity index is 1180. The highest BCUT2D eigenvalue weighted by Gasteiger charge is 2.15. The van der Waals surface area contributed by atoms with Crippen molar-refractivity contribution in [3.63, 3.8) is 0 Å². The first-order chi connectivity index (χ1) is 11.8. The highest BCUT2D eigenvalue weighted by Crippen LogP contribution is 2.34. The summed E-state index contributed by atoms with van der Waals surface area (Å²) >= 11 is 0. The fourth-order valence-electron chi connectivity index (χ4n) is 3.02. The molecule has 116 valence electrons. The molecule has 0 unspecified atom stereocenters. The Balaban J connectivity index is 1.79. The van der Waals surface area contributed by atoms with E-state index in [1.807, 2.05) is 50.0 Å². The minimum atomic E-state index is 0.823. The topological polar surface area (TPSA) is 76.7 Å². The van der Waals surface area contributed by atoms with Gasteiger partial charge in [-0.25, -0.2) is 14.5 Å². The van der Waals surface area contributed by atoms with Gasteiger partial charge in [-0.2, -0.15) is 10.2 Å². The zero-order valence-corrected chi connectivity index (χ0v) is 12.9. The molecule has 24 heavy (non-hydrogen) atoms. The molecule has 0 saturated heterocycles. The van der Waals surface area contributed by atoms with Gasteiger partial charge in [0.2, 0.25) is 0 Å². The van der Waals surface area contributed by atoms with Crippen LogP contribution >= 0.6 is 0 Å². The molecule has 0 aromatic carbocycles. The largest absolute Gasteiger partial charge is 0.345 e. The molecule has 0 amide bonds. The van der Waals surface area contributed by atoms with Crippen molar-refractivity contribution in [1.29, 1.82) is 0 Å². The van der Waals surface area contributed by atoms with E-state index < -0.39 is 0 Å². The van der Waals surface area contributed by atoms with Crippen LogP contribution in [0.3, 0.4) is 0 Å². The highest BCUT2D eigenvalue weighted by atomic mass is 15.2. The Morgan fingerprint density at radius 1 is 1.04 bits per heavy atom. The Kier molecular flexibility index (Phi) is 2.58. The van der Waals surface area contributed by atoms with Gasteiger partial charge in [0.25, 0.3) is 0 Å². The molecule has 0 atom stereocenters. The van der Waals surface area contributed by atoms with Crippen LogP contribution in [0, 0.1) is 0 Å². The number of rotatable bonds is 2. The summed E-state index contributed by atoms with van der Waals surface area (Å²) < 4.78 is 3.57. The lowest BCUT2D eigenvalue weighted by Crippen LogP contribution is -1.93. The molecule has 5 aromatic rings. The number of aromatic amines is 1. The van der Waals surface area contributed by atoms with Gasteiger partial charge in [-0.05, 0) is 23.8 Å². The number of nitrogens with zero attached hydrogens (tertiary/aromatic N) is 6. The van der Waals surface area contributed by atoms with Crippen LogP contribution in [0.15, 0.2) is 55.4 Å². The summed E-state index contributed by atoms with van der Waals surface area (Å²) in [5.74, 6) is 0. The van der Waals surface area contributed by atoms with Gasteiger partial charge in [0.1, 0.15) is 5.65 Å². The van der Waals surface area contributed by atoms with Crippen LogP contribution in [-0.4, -0.2) is 34.3 Å². The van der Waals surface area contributed by atoms with E-state index in [1.165, 1.54) is 0 Å². The van der Waals surface area contributed by atoms with Gasteiger partial charge in [0, 0.05) is 54.5 Å². The molecule has 0 radical (unpaired) electrons. The van der Waals surface area contributed by atoms with Crippen molar-refractivity contribution in [3.8, 4) is 22.4 Å². The third kappa shape index (κ3) is 1.84. The Morgan fingerprint density at radius 3 is 2.88 bits per heavy atom. The number of fused-ring (bicyclic) bond motifs is 2. The minimum Gasteiger partial charge on any atom is -0.345 e. The van der Waals surface area contributed by atoms with Gasteiger partial charge in [0.15, 0.2) is 5.65 Å². The Hall–Kier alpha value is -3.48. The lowest BCUT2D eigenvalue weighted by molar-refractivity contribution is 0.768. The van der Waals surface area contributed by atoms with Crippen LogP contribution in [0.5, 0.6) is 0 Å². The summed E-state index contributed by atoms with van der Waals surface area (Å²) in [6, 6.07) is 5.94. The molecule has 0 aliphatic carbocycles. The second kappa shape index (κ2) is 4.76. The first-order valence-electron chi connectivity index (χ1n) is 7.55. The monoisotopic (exact) mass is 315 g/mol. The van der Waals surface area contributed by atoms with Crippen LogP contribution in [0.4, 0.5) is 0 Å². The molecule has 1 N–H and O–H groups in total. The fraction of sp³-hybridized carbons (Fsp3) is 0.0588. The first kappa shape index (κ1) is 13.0. The third-order valence-electron chi connectivity index (χ3n) is 4.12. The summed E-state index contributed by atoms with van der Waals surface area (Å²) in [4.78, 5) is 11.9. The maximum atomic E-state index is 4.65. The lowest BCUT2D eigenvalue weighted by Gasteiger charge is -2.04. The van der Waals surface area contributed by atoms with Crippen molar-refractivity contribution in [2.45, 2.75) is 0 Å². The highest BCUT2D eigenvalue weighted by molar-refractivity contribution is 6.03. The van der Waals surface area contributed by atoms with Crippen molar-refractivity contribution in [3.05, 3.63) is 55.4 Å². The number of imidazole rings is 1. The smallest absolute Gasteiger partial charge is 0.153 e. The van der Waals surface area contributed by atoms with Crippen molar-refractivity contribution < 1.29 is 0 Å². The van der Waals surface area contributed by atoms with E-state index in [2.05, 4.69) is 25.1 Å². The molecular weight excluding hydrogens is 302 g/mol. The van der Waals surface area contributed by atoms with Crippen molar-refractivity contribution >= 4 is 16.7 Å². The van der Waals surface area contributed by atoms with Gasteiger partial charge < -0.3 is 4.98 Å². The number of hydrogen-bond acceptors (Lipinski definition) is 4. The molecule has 0 aliphatic rings. The molecular formula is C17H13N7. The van der Waals surface area contributed by atoms with E-state index >= 15 is 0 Å². The van der Waals surface area contributed by atoms with Crippen LogP contribution in [-0.2, 0) is 7.05 Å². The first-order valence-corrected chi connectivity index (χ1v) is 7.55. The Labute approximate surface area is 136 Å². The maximum absolute atomic E-state index is 4.65. The number of aromatic nitrogens is 7. The van der Waals surface area contributed by atoms with E-state index in [1.54, 1.807) is 21.6 Å². The van der Waals surface area contributed by atoms with Crippen LogP contribution in [0.25, 0.3) is 39.1 Å². The zero-order chi connectivity index (χ0) is 16.1. The van der Waals surface area contributed by atoms with Crippen molar-refractivity contribution in [2.24, 2.45) is 7.05 Å². The summed E-state index contributed by atoms with van der Waals surface area (Å²) in [6.07, 6.45) is 11.2. The molecule has 0 spiro atoms. The molecule has 0 aliphatic heterocycles. The normalized spacial score (nSPS) is 11.5. The van der Waals surface area contributed by atoms with Gasteiger partial charge in [0.05, 0.1) is 11.9 Å². The zero-order valence-electron chi connectivity index (χ0n) is 12.9. The van der Waals surface area contributed by atoms with E-state index in [0.717, 1.165) is 39.1 Å². The van der Waals surface area contributed by atoms with Crippen LogP contribution < -0.4 is 0 Å². The van der Waals surface area contributed by atoms with Gasteiger partial charge in [-0.15, -0.1) is 0 Å². The average Bonchev–Trinajstić information content (AvgIpc) is 3.32. The predicted octanol–water partition coefficient (Wildman–Crippen LogP) is 2.67. The van der Waals surface area contributed by atoms with Crippen LogP contribution in [0.2, 0.25) is 0 Å². The summed E-state index contributed by atoms with van der Waals surface area (Å²) in [7, 11) is 1.91. The summed E-state index contributed by atoms with van der Waals surface area (Å²) in [5, 5.41) is 9.97. The number of nitrogens with one attached hydrogen (secondary N) is 1. The molecule has 5 rings (SSSR count). The van der Waals surface area contributed by atoms with Gasteiger partial charge >= 0.3 is 0 Å². The molecule has 7 heteroatoms. The van der Waals surface area contributed by atoms with E-state index in [4.69, 9.17) is 0 Å². The molecule has 5 heterocycles. The third-order valence-corrected chi connectivity index (χ3v) is 4.12. The molecule has 0 saturated carbocycles. The maximum Gasteiger partial charge on any atom is 0.153 e. The van der Waals surface area contributed by atoms with Gasteiger partial charge in [-0.3, -0.25) is 4.68 Å². The molecule has 0 bridgehead atoms. The van der Waals surface area contributed by atoms with E-state index in [9.17, 15) is 0 Å². The lowest BCUT2D eigenvalue weighted by atomic mass is 10.0. The number of aryl methyl sites for hydroxylation is 1. The summed E-state index contributed by atoms with van der Waals surface area (Å²) in [5.41, 5.74) is 5.66. The molecule has 7 nitrogen and oxygen atoms in total. The van der Waals surface area contributed by atoms with E-state index in [-0.39, 0.29) is 0 Å². The predicted molar refractivity (Wildman–Crippen MR) is 90.3 cm³/mol. The summed E-state index contributed by atoms with van der Waals surface area (Å²) in [6.45, 7) is 0.